The van der Waals surface area contributed by atoms with E-state index in [-0.39, 0.29) is 0 Å². The Morgan fingerprint density at radius 1 is 1.58 bits per heavy atom. The average molecular weight is 181 g/mol. The van der Waals surface area contributed by atoms with Crippen LogP contribution in [0.25, 0.3) is 0 Å². The van der Waals surface area contributed by atoms with Crippen molar-refractivity contribution >= 4 is 16.7 Å². The molecular formula is C6H7N5S. The summed E-state index contributed by atoms with van der Waals surface area (Å²) in [6, 6.07) is 0. The largest absolute Gasteiger partial charge is 0.356 e. The van der Waals surface area contributed by atoms with Crippen LogP contribution in [-0.2, 0) is 6.54 Å². The van der Waals surface area contributed by atoms with Crippen molar-refractivity contribution in [3.63, 3.8) is 0 Å². The molecule has 0 bridgehead atoms. The van der Waals surface area contributed by atoms with Crippen molar-refractivity contribution in [2.75, 3.05) is 5.32 Å². The lowest BCUT2D eigenvalue weighted by molar-refractivity contribution is 1.09. The summed E-state index contributed by atoms with van der Waals surface area (Å²) in [6.07, 6.45) is 5.14. The molecule has 0 radical (unpaired) electrons. The summed E-state index contributed by atoms with van der Waals surface area (Å²) in [7, 11) is 0. The van der Waals surface area contributed by atoms with Crippen LogP contribution in [0.5, 0.6) is 0 Å². The van der Waals surface area contributed by atoms with Crippen molar-refractivity contribution in [1.29, 1.82) is 0 Å². The predicted molar refractivity (Wildman–Crippen MR) is 45.8 cm³/mol. The van der Waals surface area contributed by atoms with E-state index in [1.165, 1.54) is 17.9 Å². The van der Waals surface area contributed by atoms with E-state index >= 15 is 0 Å². The number of H-pyrrole nitrogens is 1. The van der Waals surface area contributed by atoms with Gasteiger partial charge in [-0.1, -0.05) is 0 Å². The van der Waals surface area contributed by atoms with E-state index in [0.29, 0.717) is 0 Å². The standard InChI is InChI=1S/C6H7N5S/c1(5-2-9-10-3-5)7-6-8-4-11-12-6/h2-4H,1H2,(H,9,10)(H,7,8,11). The molecule has 2 N–H and O–H groups in total. The zero-order chi connectivity index (χ0) is 8.23. The van der Waals surface area contributed by atoms with E-state index in [4.69, 9.17) is 0 Å². The van der Waals surface area contributed by atoms with Crippen LogP contribution < -0.4 is 5.32 Å². The molecule has 0 aromatic carbocycles. The van der Waals surface area contributed by atoms with Gasteiger partial charge in [0.1, 0.15) is 6.33 Å². The molecule has 0 aliphatic carbocycles. The molecule has 6 heteroatoms. The van der Waals surface area contributed by atoms with Gasteiger partial charge in [-0.15, -0.1) is 0 Å². The van der Waals surface area contributed by atoms with Gasteiger partial charge in [-0.2, -0.15) is 9.47 Å². The molecule has 0 aliphatic heterocycles. The van der Waals surface area contributed by atoms with Crippen LogP contribution in [0.2, 0.25) is 0 Å². The zero-order valence-electron chi connectivity index (χ0n) is 6.19. The van der Waals surface area contributed by atoms with Crippen molar-refractivity contribution in [1.82, 2.24) is 19.6 Å². The molecule has 2 aromatic heterocycles. The van der Waals surface area contributed by atoms with E-state index < -0.39 is 0 Å². The predicted octanol–water partition coefficient (Wildman–Crippen LogP) is 0.873. The molecule has 0 unspecified atom stereocenters. The fourth-order valence-corrected chi connectivity index (χ4v) is 1.23. The molecule has 2 rings (SSSR count). The number of hydrogen-bond acceptors (Lipinski definition) is 5. The first-order valence-electron chi connectivity index (χ1n) is 3.43. The second kappa shape index (κ2) is 3.31. The summed E-state index contributed by atoms with van der Waals surface area (Å²) in [5.41, 5.74) is 1.10. The second-order valence-electron chi connectivity index (χ2n) is 2.21. The molecule has 62 valence electrons. The Balaban J connectivity index is 1.91. The van der Waals surface area contributed by atoms with E-state index in [1.807, 2.05) is 6.20 Å². The van der Waals surface area contributed by atoms with Crippen LogP contribution in [0.4, 0.5) is 5.13 Å². The minimum absolute atomic E-state index is 0.728. The van der Waals surface area contributed by atoms with Crippen molar-refractivity contribution in [2.24, 2.45) is 0 Å². The van der Waals surface area contributed by atoms with E-state index in [0.717, 1.165) is 17.2 Å². The van der Waals surface area contributed by atoms with Crippen molar-refractivity contribution < 1.29 is 0 Å². The first-order chi connectivity index (χ1) is 5.95. The van der Waals surface area contributed by atoms with E-state index in [2.05, 4.69) is 24.9 Å². The summed E-state index contributed by atoms with van der Waals surface area (Å²) in [5, 5.41) is 10.5. The number of aromatic nitrogens is 4. The highest BCUT2D eigenvalue weighted by atomic mass is 32.1. The fourth-order valence-electron chi connectivity index (χ4n) is 0.803. The lowest BCUT2D eigenvalue weighted by Crippen LogP contribution is -1.96. The van der Waals surface area contributed by atoms with Gasteiger partial charge in [0.25, 0.3) is 0 Å². The Hall–Kier alpha value is -1.43. The van der Waals surface area contributed by atoms with Gasteiger partial charge in [-0.05, 0) is 0 Å². The van der Waals surface area contributed by atoms with Crippen LogP contribution >= 0.6 is 11.5 Å². The maximum absolute atomic E-state index is 3.98. The smallest absolute Gasteiger partial charge is 0.202 e. The summed E-state index contributed by atoms with van der Waals surface area (Å²) in [5.74, 6) is 0. The van der Waals surface area contributed by atoms with Crippen molar-refractivity contribution in [3.8, 4) is 0 Å². The van der Waals surface area contributed by atoms with E-state index in [1.54, 1.807) is 6.20 Å². The van der Waals surface area contributed by atoms with Gasteiger partial charge in [0, 0.05) is 29.8 Å². The summed E-state index contributed by atoms with van der Waals surface area (Å²) < 4.78 is 3.87. The number of anilines is 1. The third-order valence-corrected chi connectivity index (χ3v) is 1.98. The quantitative estimate of drug-likeness (QED) is 0.737. The Bertz CT molecular complexity index is 279. The maximum Gasteiger partial charge on any atom is 0.202 e. The molecule has 0 saturated carbocycles. The third kappa shape index (κ3) is 1.59. The van der Waals surface area contributed by atoms with Crippen LogP contribution in [0.15, 0.2) is 18.7 Å². The highest BCUT2D eigenvalue weighted by molar-refractivity contribution is 7.09. The highest BCUT2D eigenvalue weighted by Crippen LogP contribution is 2.07. The Morgan fingerprint density at radius 2 is 2.58 bits per heavy atom. The van der Waals surface area contributed by atoms with Gasteiger partial charge in [0.2, 0.25) is 5.13 Å². The molecule has 2 aromatic rings. The lowest BCUT2D eigenvalue weighted by Gasteiger charge is -1.96. The van der Waals surface area contributed by atoms with Gasteiger partial charge in [0.15, 0.2) is 0 Å². The Labute approximate surface area is 73.0 Å². The molecule has 5 nitrogen and oxygen atoms in total. The molecule has 0 atom stereocenters. The van der Waals surface area contributed by atoms with Crippen LogP contribution in [0.1, 0.15) is 5.56 Å². The SMILES string of the molecule is c1nsc(NCc2cn[nH]c2)n1. The first kappa shape index (κ1) is 7.23. The number of rotatable bonds is 3. The fraction of sp³-hybridized carbons (Fsp3) is 0.167. The first-order valence-corrected chi connectivity index (χ1v) is 4.21. The van der Waals surface area contributed by atoms with Crippen LogP contribution in [0, 0.1) is 0 Å². The number of nitrogens with zero attached hydrogens (tertiary/aromatic N) is 3. The lowest BCUT2D eigenvalue weighted by atomic mass is 10.4. The zero-order valence-corrected chi connectivity index (χ0v) is 7.01. The van der Waals surface area contributed by atoms with Crippen LogP contribution in [-0.4, -0.2) is 19.6 Å². The monoisotopic (exact) mass is 181 g/mol. The van der Waals surface area contributed by atoms with Gasteiger partial charge in [0.05, 0.1) is 6.20 Å². The van der Waals surface area contributed by atoms with Gasteiger partial charge in [-0.25, -0.2) is 4.98 Å². The minimum atomic E-state index is 0.728. The second-order valence-corrected chi connectivity index (χ2v) is 2.99. The van der Waals surface area contributed by atoms with Crippen LogP contribution in [0.3, 0.4) is 0 Å². The normalized spacial score (nSPS) is 10.0. The summed E-state index contributed by atoms with van der Waals surface area (Å²) >= 11 is 1.34. The molecule has 2 heterocycles. The number of nitrogens with one attached hydrogen (secondary N) is 2. The Morgan fingerprint density at radius 3 is 3.25 bits per heavy atom. The topological polar surface area (TPSA) is 66.5 Å². The maximum atomic E-state index is 3.98. The van der Waals surface area contributed by atoms with Gasteiger partial charge >= 0.3 is 0 Å². The molecular weight excluding hydrogens is 174 g/mol. The minimum Gasteiger partial charge on any atom is -0.356 e. The van der Waals surface area contributed by atoms with E-state index in [9.17, 15) is 0 Å². The summed E-state index contributed by atoms with van der Waals surface area (Å²) in [6.45, 7) is 0.728. The van der Waals surface area contributed by atoms with Crippen molar-refractivity contribution in [3.05, 3.63) is 24.3 Å². The third-order valence-electron chi connectivity index (χ3n) is 1.36. The molecule has 0 aliphatic rings. The van der Waals surface area contributed by atoms with Gasteiger partial charge < -0.3 is 5.32 Å². The molecule has 12 heavy (non-hydrogen) atoms. The van der Waals surface area contributed by atoms with Gasteiger partial charge in [-0.3, -0.25) is 5.10 Å². The molecule has 0 fully saturated rings. The summed E-state index contributed by atoms with van der Waals surface area (Å²) in [4.78, 5) is 3.98. The highest BCUT2D eigenvalue weighted by Gasteiger charge is 1.96. The Kier molecular flexibility index (Phi) is 2.00. The van der Waals surface area contributed by atoms with Crippen molar-refractivity contribution in [2.45, 2.75) is 6.54 Å². The number of hydrogen-bond donors (Lipinski definition) is 2. The average Bonchev–Trinajstić information content (AvgIpc) is 2.74. The molecule has 0 amide bonds. The molecule has 0 spiro atoms. The number of aromatic amines is 1. The molecule has 0 saturated heterocycles.